The van der Waals surface area contributed by atoms with Gasteiger partial charge in [0.15, 0.2) is 0 Å². The first-order chi connectivity index (χ1) is 16.8. The maximum atomic E-state index is 15.8. The van der Waals surface area contributed by atoms with E-state index in [9.17, 15) is 13.2 Å². The van der Waals surface area contributed by atoms with Crippen molar-refractivity contribution in [3.05, 3.63) is 87.9 Å². The summed E-state index contributed by atoms with van der Waals surface area (Å²) >= 11 is 0. The standard InChI is InChI=1S/C27H30FN3O3S/c1-17(2)31-16-29-24-14-13-23(30-35(33,34)20-11-12-20)22(25(24)27(31)32)15-19-9-6-10-21(26(19)28)18-7-4-3-5-8-18/h3-10,16-17,20,22-23,30H,11-15H2,1-2H3/t22-,23-/m0/s1. The van der Waals surface area contributed by atoms with E-state index in [0.29, 0.717) is 48.1 Å². The molecule has 2 aromatic carbocycles. The van der Waals surface area contributed by atoms with Crippen molar-refractivity contribution in [3.63, 3.8) is 0 Å². The van der Waals surface area contributed by atoms with Crippen LogP contribution >= 0.6 is 0 Å². The zero-order chi connectivity index (χ0) is 24.7. The first-order valence-electron chi connectivity index (χ1n) is 12.2. The highest BCUT2D eigenvalue weighted by atomic mass is 32.2. The van der Waals surface area contributed by atoms with Crippen LogP contribution in [0.15, 0.2) is 59.7 Å². The van der Waals surface area contributed by atoms with Crippen molar-refractivity contribution in [2.75, 3.05) is 0 Å². The van der Waals surface area contributed by atoms with Gasteiger partial charge in [0.25, 0.3) is 5.56 Å². The van der Waals surface area contributed by atoms with Crippen molar-refractivity contribution in [1.82, 2.24) is 14.3 Å². The lowest BCUT2D eigenvalue weighted by molar-refractivity contribution is 0.408. The molecule has 1 saturated carbocycles. The Balaban J connectivity index is 1.59. The van der Waals surface area contributed by atoms with E-state index in [1.54, 1.807) is 23.0 Å². The third-order valence-corrected chi connectivity index (χ3v) is 9.08. The van der Waals surface area contributed by atoms with Gasteiger partial charge in [-0.2, -0.15) is 0 Å². The third-order valence-electron chi connectivity index (χ3n) is 7.10. The summed E-state index contributed by atoms with van der Waals surface area (Å²) < 4.78 is 45.9. The monoisotopic (exact) mass is 495 g/mol. The van der Waals surface area contributed by atoms with E-state index in [1.807, 2.05) is 50.2 Å². The fraction of sp³-hybridized carbons (Fsp3) is 0.407. The Hall–Kier alpha value is -2.84. The molecule has 0 radical (unpaired) electrons. The molecule has 8 heteroatoms. The molecule has 6 nitrogen and oxygen atoms in total. The summed E-state index contributed by atoms with van der Waals surface area (Å²) in [4.78, 5) is 18.1. The Bertz CT molecular complexity index is 1400. The molecule has 1 fully saturated rings. The lowest BCUT2D eigenvalue weighted by atomic mass is 9.78. The van der Waals surface area contributed by atoms with Crippen molar-refractivity contribution in [1.29, 1.82) is 0 Å². The molecule has 2 aliphatic rings. The second-order valence-electron chi connectivity index (χ2n) is 9.87. The first kappa shape index (κ1) is 23.9. The van der Waals surface area contributed by atoms with Crippen LogP contribution in [0.5, 0.6) is 0 Å². The Kier molecular flexibility index (Phi) is 6.36. The minimum atomic E-state index is -3.49. The minimum absolute atomic E-state index is 0.0948. The van der Waals surface area contributed by atoms with Gasteiger partial charge in [-0.05, 0) is 57.1 Å². The van der Waals surface area contributed by atoms with Crippen molar-refractivity contribution < 1.29 is 12.8 Å². The van der Waals surface area contributed by atoms with E-state index in [0.717, 1.165) is 5.56 Å². The average molecular weight is 496 g/mol. The van der Waals surface area contributed by atoms with Crippen molar-refractivity contribution in [3.8, 4) is 11.1 Å². The number of hydrogen-bond acceptors (Lipinski definition) is 4. The molecule has 0 aliphatic heterocycles. The normalized spacial score (nSPS) is 20.1. The Morgan fingerprint density at radius 3 is 2.51 bits per heavy atom. The number of rotatable bonds is 7. The van der Waals surface area contributed by atoms with Crippen LogP contribution in [0.3, 0.4) is 0 Å². The zero-order valence-electron chi connectivity index (χ0n) is 19.9. The maximum Gasteiger partial charge on any atom is 0.257 e. The minimum Gasteiger partial charge on any atom is -0.296 e. The molecule has 3 aromatic rings. The second-order valence-corrected chi connectivity index (χ2v) is 11.9. The summed E-state index contributed by atoms with van der Waals surface area (Å²) in [6.45, 7) is 3.81. The van der Waals surface area contributed by atoms with Gasteiger partial charge < -0.3 is 0 Å². The highest BCUT2D eigenvalue weighted by Gasteiger charge is 2.41. The predicted octanol–water partition coefficient (Wildman–Crippen LogP) is 4.35. The summed E-state index contributed by atoms with van der Waals surface area (Å²) in [6.07, 6.45) is 4.09. The first-order valence-corrected chi connectivity index (χ1v) is 13.7. The molecule has 0 bridgehead atoms. The van der Waals surface area contributed by atoms with E-state index in [2.05, 4.69) is 9.71 Å². The van der Waals surface area contributed by atoms with Crippen LogP contribution in [0.4, 0.5) is 4.39 Å². The van der Waals surface area contributed by atoms with E-state index >= 15 is 4.39 Å². The van der Waals surface area contributed by atoms with Gasteiger partial charge in [0, 0.05) is 29.1 Å². The molecule has 1 aromatic heterocycles. The van der Waals surface area contributed by atoms with Crippen LogP contribution in [0.25, 0.3) is 11.1 Å². The van der Waals surface area contributed by atoms with Gasteiger partial charge >= 0.3 is 0 Å². The zero-order valence-corrected chi connectivity index (χ0v) is 20.8. The molecule has 184 valence electrons. The largest absolute Gasteiger partial charge is 0.296 e. The molecule has 0 unspecified atom stereocenters. The topological polar surface area (TPSA) is 81.1 Å². The number of nitrogens with one attached hydrogen (secondary N) is 1. The van der Waals surface area contributed by atoms with Gasteiger partial charge in [0.05, 0.1) is 17.3 Å². The molecular formula is C27H30FN3O3S. The molecule has 1 N–H and O–H groups in total. The second kappa shape index (κ2) is 9.32. The SMILES string of the molecule is CC(C)n1cnc2c(c1=O)[C@@H](Cc1cccc(-c3ccccc3)c1F)[C@@H](NS(=O)(=O)C1CC1)CC2. The van der Waals surface area contributed by atoms with E-state index in [1.165, 1.54) is 0 Å². The quantitative estimate of drug-likeness (QED) is 0.528. The number of aromatic nitrogens is 2. The summed E-state index contributed by atoms with van der Waals surface area (Å²) in [5.74, 6) is -0.860. The number of sulfonamides is 1. The molecule has 2 aliphatic carbocycles. The number of aryl methyl sites for hydroxylation is 1. The summed E-state index contributed by atoms with van der Waals surface area (Å²) in [5, 5.41) is -0.371. The van der Waals surface area contributed by atoms with Crippen LogP contribution in [0.1, 0.15) is 61.9 Å². The van der Waals surface area contributed by atoms with Gasteiger partial charge in [-0.3, -0.25) is 9.36 Å². The van der Waals surface area contributed by atoms with Crippen LogP contribution in [0.2, 0.25) is 0 Å². The maximum absolute atomic E-state index is 15.8. The summed E-state index contributed by atoms with van der Waals surface area (Å²) in [7, 11) is -3.49. The molecule has 0 amide bonds. The number of benzene rings is 2. The highest BCUT2D eigenvalue weighted by Crippen LogP contribution is 2.36. The molecule has 5 rings (SSSR count). The van der Waals surface area contributed by atoms with Crippen LogP contribution in [-0.2, 0) is 22.9 Å². The lowest BCUT2D eigenvalue weighted by Crippen LogP contribution is -2.47. The molecule has 0 spiro atoms. The molecule has 1 heterocycles. The van der Waals surface area contributed by atoms with Gasteiger partial charge in [-0.15, -0.1) is 0 Å². The summed E-state index contributed by atoms with van der Waals surface area (Å²) in [5.41, 5.74) is 2.72. The van der Waals surface area contributed by atoms with Crippen molar-refractivity contribution in [2.24, 2.45) is 0 Å². The van der Waals surface area contributed by atoms with Crippen LogP contribution < -0.4 is 10.3 Å². The smallest absolute Gasteiger partial charge is 0.257 e. The van der Waals surface area contributed by atoms with E-state index in [-0.39, 0.29) is 29.1 Å². The van der Waals surface area contributed by atoms with Crippen molar-refractivity contribution >= 4 is 10.0 Å². The van der Waals surface area contributed by atoms with E-state index < -0.39 is 22.0 Å². The number of nitrogens with zero attached hydrogens (tertiary/aromatic N) is 2. The Morgan fingerprint density at radius 1 is 1.09 bits per heavy atom. The van der Waals surface area contributed by atoms with Gasteiger partial charge in [0.1, 0.15) is 5.82 Å². The fourth-order valence-electron chi connectivity index (χ4n) is 5.04. The average Bonchev–Trinajstić information content (AvgIpc) is 3.68. The van der Waals surface area contributed by atoms with Crippen molar-refractivity contribution in [2.45, 2.75) is 69.2 Å². The highest BCUT2D eigenvalue weighted by molar-refractivity contribution is 7.90. The van der Waals surface area contributed by atoms with Crippen LogP contribution in [0, 0.1) is 5.82 Å². The van der Waals surface area contributed by atoms with Gasteiger partial charge in [-0.25, -0.2) is 22.5 Å². The Labute approximate surface area is 205 Å². The molecule has 2 atom stereocenters. The molecule has 35 heavy (non-hydrogen) atoms. The third kappa shape index (κ3) is 4.69. The van der Waals surface area contributed by atoms with Gasteiger partial charge in [-0.1, -0.05) is 48.5 Å². The Morgan fingerprint density at radius 2 is 1.83 bits per heavy atom. The predicted molar refractivity (Wildman–Crippen MR) is 134 cm³/mol. The number of hydrogen-bond donors (Lipinski definition) is 1. The molecule has 0 saturated heterocycles. The number of fused-ring (bicyclic) bond motifs is 1. The van der Waals surface area contributed by atoms with E-state index in [4.69, 9.17) is 0 Å². The lowest BCUT2D eigenvalue weighted by Gasteiger charge is -2.34. The van der Waals surface area contributed by atoms with Crippen LogP contribution in [-0.4, -0.2) is 29.3 Å². The molecular weight excluding hydrogens is 465 g/mol. The summed E-state index contributed by atoms with van der Waals surface area (Å²) in [6, 6.07) is 14.0. The van der Waals surface area contributed by atoms with Gasteiger partial charge in [0.2, 0.25) is 10.0 Å². The fourth-order valence-corrected chi connectivity index (χ4v) is 6.69. The number of halogens is 1.